The molecule has 10 aromatic rings. The van der Waals surface area contributed by atoms with Gasteiger partial charge < -0.3 is 110 Å². The number of methoxy groups -OCH3 is 6. The number of aryl methyl sites for hydroxylation is 3. The van der Waals surface area contributed by atoms with E-state index >= 15 is 0 Å². The van der Waals surface area contributed by atoms with E-state index in [0.29, 0.717) is 124 Å². The molecule has 11 N–H and O–H groups in total. The van der Waals surface area contributed by atoms with Crippen LogP contribution < -0.4 is 88.1 Å². The second-order valence-corrected chi connectivity index (χ2v) is 29.0. The first-order valence-electron chi connectivity index (χ1n) is 37.6. The van der Waals surface area contributed by atoms with Crippen LogP contribution in [0.1, 0.15) is 73.9 Å². The van der Waals surface area contributed by atoms with Crippen LogP contribution >= 0.6 is 62.3 Å². The van der Waals surface area contributed by atoms with E-state index in [1.165, 1.54) is 83.5 Å². The number of amides is 1. The third-order valence-corrected chi connectivity index (χ3v) is 19.6. The Morgan fingerprint density at radius 1 is 0.444 bits per heavy atom. The zero-order valence-corrected chi connectivity index (χ0v) is 73.6. The molecule has 660 valence electrons. The monoisotopic (exact) mass is 1850 g/mol. The van der Waals surface area contributed by atoms with Crippen molar-refractivity contribution in [3.8, 4) is 51.7 Å². The van der Waals surface area contributed by atoms with Gasteiger partial charge in [-0.3, -0.25) is 9.59 Å². The fraction of sp³-hybridized carbons (Fsp3) is 0.281. The molecule has 0 radical (unpaired) electrons. The van der Waals surface area contributed by atoms with Gasteiger partial charge in [0.05, 0.1) is 74.8 Å². The summed E-state index contributed by atoms with van der Waals surface area (Å²) in [4.78, 5) is 49.8. The van der Waals surface area contributed by atoms with Gasteiger partial charge in [-0.05, 0) is 126 Å². The molecule has 0 fully saturated rings. The number of nitrogens with one attached hydrogen (secondary N) is 3. The first-order valence-corrected chi connectivity index (χ1v) is 40.1. The third kappa shape index (κ3) is 34.1. The Labute approximate surface area is 757 Å². The zero-order valence-electron chi connectivity index (χ0n) is 69.0. The van der Waals surface area contributed by atoms with Crippen LogP contribution in [-0.2, 0) is 47.9 Å². The maximum absolute atomic E-state index is 13.9. The number of ether oxygens (including phenoxy) is 11. The van der Waals surface area contributed by atoms with Gasteiger partial charge in [0.15, 0.2) is 12.1 Å². The topological polar surface area (TPSA) is 366 Å². The number of aliphatic carboxylic acids is 1. The van der Waals surface area contributed by atoms with Crippen molar-refractivity contribution < 1.29 is 134 Å². The Kier molecular flexibility index (Phi) is 44.8. The summed E-state index contributed by atoms with van der Waals surface area (Å²) in [6.07, 6.45) is -0.401. The Bertz CT molecular complexity index is 4990. The van der Waals surface area contributed by atoms with Crippen molar-refractivity contribution in [2.45, 2.75) is 61.9 Å². The van der Waals surface area contributed by atoms with E-state index < -0.39 is 47.0 Å². The van der Waals surface area contributed by atoms with Gasteiger partial charge in [0.25, 0.3) is 5.91 Å². The Balaban J connectivity index is 0.000000278. The number of nitrogen functional groups attached to an aromatic ring is 1. The van der Waals surface area contributed by atoms with Crippen LogP contribution in [0.3, 0.4) is 0 Å². The number of aliphatic hydroxyl groups excluding tert-OH is 4. The number of nitrogens with two attached hydrogens (primary N) is 1. The van der Waals surface area contributed by atoms with Crippen LogP contribution in [0.4, 0.5) is 41.6 Å². The molecule has 0 saturated carbocycles. The number of rotatable bonds is 31. The van der Waals surface area contributed by atoms with Gasteiger partial charge >= 0.3 is 43.1 Å². The van der Waals surface area contributed by atoms with Crippen LogP contribution in [0.25, 0.3) is 0 Å². The van der Waals surface area contributed by atoms with Crippen molar-refractivity contribution in [1.29, 1.82) is 0 Å². The number of carboxylic acid groups (broad SMARTS) is 1. The first-order chi connectivity index (χ1) is 58.5. The quantitative estimate of drug-likeness (QED) is 0.00843. The second kappa shape index (κ2) is 53.5. The number of carbonyl (C=O) groups is 4. The van der Waals surface area contributed by atoms with Crippen LogP contribution in [0, 0.1) is 6.92 Å². The number of halogens is 8. The van der Waals surface area contributed by atoms with Gasteiger partial charge in [-0.25, -0.2) is 9.59 Å². The molecule has 124 heavy (non-hydrogen) atoms. The molecule has 1 aliphatic carbocycles. The van der Waals surface area contributed by atoms with Gasteiger partial charge in [0, 0.05) is 128 Å². The van der Waals surface area contributed by atoms with Crippen molar-refractivity contribution in [1.82, 2.24) is 0 Å². The molecule has 1 amide bonds. The predicted molar refractivity (Wildman–Crippen MR) is 469 cm³/mol. The minimum absolute atomic E-state index is 0. The number of carbonyl (C=O) groups excluding carboxylic acids is 3. The molecule has 4 unspecified atom stereocenters. The molecule has 0 saturated heterocycles. The smallest absolute Gasteiger partial charge is 0.870 e. The van der Waals surface area contributed by atoms with Gasteiger partial charge in [0.1, 0.15) is 89.0 Å². The maximum atomic E-state index is 13.9. The van der Waals surface area contributed by atoms with Crippen molar-refractivity contribution >= 4 is 115 Å². The van der Waals surface area contributed by atoms with E-state index in [0.717, 1.165) is 11.1 Å². The van der Waals surface area contributed by atoms with Gasteiger partial charge in [-0.15, -0.1) is 13.2 Å². The zero-order chi connectivity index (χ0) is 88.8. The average Bonchev–Trinajstić information content (AvgIpc) is 1.63. The summed E-state index contributed by atoms with van der Waals surface area (Å²) in [6.45, 7) is 2.65. The number of anilines is 5. The number of hydrogen-bond donors (Lipinski definition) is 9. The van der Waals surface area contributed by atoms with E-state index in [1.54, 1.807) is 188 Å². The molecule has 26 nitrogen and oxygen atoms in total. The van der Waals surface area contributed by atoms with Gasteiger partial charge in [0.2, 0.25) is 0 Å². The fourth-order valence-electron chi connectivity index (χ4n) is 12.0. The Hall–Kier alpha value is -10.7. The molecular formula is C89H96BrCl4F3LiN5O21. The molecule has 12 rings (SSSR count). The summed E-state index contributed by atoms with van der Waals surface area (Å²) in [6, 6.07) is 55.5. The van der Waals surface area contributed by atoms with Crippen LogP contribution in [0.2, 0.25) is 20.1 Å². The van der Waals surface area contributed by atoms with E-state index in [1.807, 2.05) is 0 Å². The first kappa shape index (κ1) is 104. The normalized spacial score (nSPS) is 12.2. The fourth-order valence-corrected chi connectivity index (χ4v) is 13.0. The molecule has 0 aromatic heterocycles. The van der Waals surface area contributed by atoms with Crippen LogP contribution in [-0.4, -0.2) is 163 Å². The van der Waals surface area contributed by atoms with Crippen molar-refractivity contribution in [3.05, 3.63) is 271 Å². The number of aliphatic hydroxyl groups is 4. The molecular weight excluding hydrogens is 1760 g/mol. The number of alkyl halides is 4. The SMILES string of the molecule is COC(=O)C(Br)c1ccc(Cl)cc1.COC(=O)C(Nc1cc(OC)cc(OCCO)c1)c1ccc(Cl)cc1.COc1cc(N)cc(OCCO)c1.COc1cc(NC(C(=O)N2CCc3ccc(OC(F)(F)F)cc32)c2ccc(Cl)cc2)cc(OCCO)c1.COc1cc(NC(C(=O)O)c2ccc(Cl)cc2)cc(OCCO)c1.Cc1ccc2c(c1)CCC2.[Li+].[OH-]. The molecule has 0 spiro atoms. The van der Waals surface area contributed by atoms with Crippen molar-refractivity contribution in [2.24, 2.45) is 0 Å². The van der Waals surface area contributed by atoms with Gasteiger partial charge in [-0.2, -0.15) is 0 Å². The van der Waals surface area contributed by atoms with E-state index in [9.17, 15) is 37.5 Å². The molecule has 1 heterocycles. The number of nitrogens with zero attached hydrogens (tertiary/aromatic N) is 1. The van der Waals surface area contributed by atoms with Crippen LogP contribution in [0.15, 0.2) is 206 Å². The average molecular weight is 1860 g/mol. The van der Waals surface area contributed by atoms with Gasteiger partial charge in [-0.1, -0.05) is 141 Å². The molecule has 4 atom stereocenters. The Morgan fingerprint density at radius 2 is 0.798 bits per heavy atom. The molecule has 0 bridgehead atoms. The second-order valence-electron chi connectivity index (χ2n) is 26.3. The summed E-state index contributed by atoms with van der Waals surface area (Å²) in [5.41, 5.74) is 16.1. The maximum Gasteiger partial charge on any atom is 1.00 e. The number of fused-ring (bicyclic) bond motifs is 2. The molecule has 35 heteroatoms. The summed E-state index contributed by atoms with van der Waals surface area (Å²) >= 11 is 26.7. The van der Waals surface area contributed by atoms with Crippen LogP contribution in [0.5, 0.6) is 51.7 Å². The minimum Gasteiger partial charge on any atom is -0.870 e. The van der Waals surface area contributed by atoms with E-state index in [2.05, 4.69) is 66.5 Å². The summed E-state index contributed by atoms with van der Waals surface area (Å²) in [7, 11) is 8.76. The number of esters is 2. The third-order valence-electron chi connectivity index (χ3n) is 17.7. The van der Waals surface area contributed by atoms with Crippen molar-refractivity contribution in [3.63, 3.8) is 0 Å². The Morgan fingerprint density at radius 3 is 1.20 bits per heavy atom. The molecule has 2 aliphatic rings. The number of benzene rings is 10. The van der Waals surface area contributed by atoms with Crippen molar-refractivity contribution in [2.75, 3.05) is 129 Å². The predicted octanol–water partition coefficient (Wildman–Crippen LogP) is 14.3. The summed E-state index contributed by atoms with van der Waals surface area (Å²) in [5.74, 6) is 1.58. The summed E-state index contributed by atoms with van der Waals surface area (Å²) in [5, 5.41) is 56.4. The molecule has 10 aromatic carbocycles. The number of hydrogen-bond acceptors (Lipinski definition) is 24. The molecule has 1 aliphatic heterocycles. The minimum atomic E-state index is -4.85. The van der Waals surface area contributed by atoms with E-state index in [4.69, 9.17) is 115 Å². The summed E-state index contributed by atoms with van der Waals surface area (Å²) < 4.78 is 94.1. The largest absolute Gasteiger partial charge is 1.00 e. The number of carboxylic acids is 1. The standard InChI is InChI=1S/C26H24ClF3N2O5.C18H20ClNO5.C17H18ClNO5.C10H12.C9H8BrClO2.C9H13NO3.Li.H2O/c1-35-21-12-19(13-22(14-21)36-11-10-33)31-24(17-2-5-18(27)6-3-17)25(34)32-9-8-16-4-7-20(15-23(16)32)37-26(28,29)30;1-23-15-9-14(10-16(11-15)25-8-7-21)20-17(18(22)24-2)12-3-5-13(19)6-4-12;1-23-14-8-13(9-15(10-14)24-7-6-20)19-16(17(21)22)11-2-4-12(18)5-3-11;1-8-5-6-9-3-2-4-10(9)7-8;1-13-9(12)8(10)6-2-4-7(11)5-3-6;1-12-8-4-7(10)5-9(6-8)13-3-2-11;;/h2-7,12-15,24,31,33H,8-11H2,1H3;3-6,9-11,17,20-21H,7-8H2,1-2H3;2-5,8-10,16,19-20H,6-7H2,1H3,(H,21,22);5-7H,2-4H2,1H3;2-5,8H,1H3;4-6,11H,2-3,10H2,1H3;;1H2/q;;;;;;+1;/p-1. The van der Waals surface area contributed by atoms with E-state index in [-0.39, 0.29) is 89.1 Å².